The summed E-state index contributed by atoms with van der Waals surface area (Å²) in [7, 11) is 0. The number of para-hydroxylation sites is 1. The van der Waals surface area contributed by atoms with Gasteiger partial charge in [0.1, 0.15) is 6.54 Å². The molecular weight excluding hydrogens is 286 g/mol. The number of benzene rings is 2. The molecule has 0 aliphatic carbocycles. The SMILES string of the molecule is Nc1cc(Cl)ccc1NC(=O)Cn1ccc2ccccc21. The van der Waals surface area contributed by atoms with Crippen LogP contribution in [0.15, 0.2) is 54.7 Å². The van der Waals surface area contributed by atoms with Crippen molar-refractivity contribution in [2.75, 3.05) is 11.1 Å². The molecule has 0 unspecified atom stereocenters. The standard InChI is InChI=1S/C16H14ClN3O/c17-12-5-6-14(13(18)9-12)19-16(21)10-20-8-7-11-3-1-2-4-15(11)20/h1-9H,10,18H2,(H,19,21). The van der Waals surface area contributed by atoms with Gasteiger partial charge in [-0.25, -0.2) is 0 Å². The number of nitrogen functional groups attached to an aromatic ring is 1. The van der Waals surface area contributed by atoms with E-state index in [1.807, 2.05) is 41.1 Å². The molecular formula is C16H14ClN3O. The highest BCUT2D eigenvalue weighted by Gasteiger charge is 2.08. The van der Waals surface area contributed by atoms with Gasteiger partial charge >= 0.3 is 0 Å². The molecule has 0 saturated heterocycles. The minimum Gasteiger partial charge on any atom is -0.397 e. The molecule has 0 spiro atoms. The number of carbonyl (C=O) groups is 1. The highest BCUT2D eigenvalue weighted by Crippen LogP contribution is 2.23. The predicted molar refractivity (Wildman–Crippen MR) is 86.4 cm³/mol. The quantitative estimate of drug-likeness (QED) is 0.727. The Morgan fingerprint density at radius 3 is 2.81 bits per heavy atom. The van der Waals surface area contributed by atoms with Crippen molar-refractivity contribution in [1.82, 2.24) is 4.57 Å². The number of hydrogen-bond acceptors (Lipinski definition) is 2. The minimum atomic E-state index is -0.134. The monoisotopic (exact) mass is 299 g/mol. The van der Waals surface area contributed by atoms with Gasteiger partial charge in [0.15, 0.2) is 0 Å². The molecule has 3 N–H and O–H groups in total. The number of hydrogen-bond donors (Lipinski definition) is 2. The fourth-order valence-electron chi connectivity index (χ4n) is 2.27. The number of nitrogens with two attached hydrogens (primary N) is 1. The molecule has 21 heavy (non-hydrogen) atoms. The second-order valence-corrected chi connectivity index (χ2v) is 5.22. The van der Waals surface area contributed by atoms with Crippen LogP contribution in [0, 0.1) is 0 Å². The summed E-state index contributed by atoms with van der Waals surface area (Å²) in [5.41, 5.74) is 7.87. The Bertz CT molecular complexity index is 810. The van der Waals surface area contributed by atoms with Gasteiger partial charge in [0.05, 0.1) is 11.4 Å². The summed E-state index contributed by atoms with van der Waals surface area (Å²) in [5.74, 6) is -0.134. The van der Waals surface area contributed by atoms with E-state index in [-0.39, 0.29) is 12.5 Å². The molecule has 0 radical (unpaired) electrons. The number of amides is 1. The van der Waals surface area contributed by atoms with Crippen LogP contribution in [0.5, 0.6) is 0 Å². The summed E-state index contributed by atoms with van der Waals surface area (Å²) in [4.78, 5) is 12.1. The number of nitrogens with one attached hydrogen (secondary N) is 1. The van der Waals surface area contributed by atoms with Crippen LogP contribution in [0.4, 0.5) is 11.4 Å². The number of aromatic nitrogens is 1. The van der Waals surface area contributed by atoms with Crippen molar-refractivity contribution in [2.24, 2.45) is 0 Å². The third kappa shape index (κ3) is 2.85. The molecule has 1 amide bonds. The summed E-state index contributed by atoms with van der Waals surface area (Å²) in [6.07, 6.45) is 1.90. The number of halogens is 1. The van der Waals surface area contributed by atoms with Gasteiger partial charge < -0.3 is 15.6 Å². The molecule has 0 bridgehead atoms. The number of fused-ring (bicyclic) bond motifs is 1. The molecule has 3 rings (SSSR count). The highest BCUT2D eigenvalue weighted by molar-refractivity contribution is 6.31. The largest absolute Gasteiger partial charge is 0.397 e. The molecule has 1 heterocycles. The predicted octanol–water partition coefficient (Wildman–Crippen LogP) is 3.52. The van der Waals surface area contributed by atoms with Crippen LogP contribution in [0.3, 0.4) is 0 Å². The van der Waals surface area contributed by atoms with Crippen LogP contribution in [0.1, 0.15) is 0 Å². The maximum atomic E-state index is 12.1. The van der Waals surface area contributed by atoms with Crippen LogP contribution in [-0.2, 0) is 11.3 Å². The second kappa shape index (κ2) is 5.50. The molecule has 1 aromatic heterocycles. The zero-order valence-electron chi connectivity index (χ0n) is 11.2. The first-order chi connectivity index (χ1) is 10.1. The Hall–Kier alpha value is -2.46. The first-order valence-electron chi connectivity index (χ1n) is 6.52. The van der Waals surface area contributed by atoms with Gasteiger partial charge in [-0.15, -0.1) is 0 Å². The second-order valence-electron chi connectivity index (χ2n) is 4.78. The zero-order chi connectivity index (χ0) is 14.8. The van der Waals surface area contributed by atoms with Gasteiger partial charge in [-0.3, -0.25) is 4.79 Å². The van der Waals surface area contributed by atoms with E-state index in [0.29, 0.717) is 16.4 Å². The van der Waals surface area contributed by atoms with E-state index >= 15 is 0 Å². The number of nitrogens with zero attached hydrogens (tertiary/aromatic N) is 1. The molecule has 0 aliphatic rings. The van der Waals surface area contributed by atoms with Gasteiger partial charge in [-0.2, -0.15) is 0 Å². The van der Waals surface area contributed by atoms with Crippen molar-refractivity contribution in [3.8, 4) is 0 Å². The van der Waals surface area contributed by atoms with Crippen molar-refractivity contribution >= 4 is 39.8 Å². The molecule has 0 atom stereocenters. The van der Waals surface area contributed by atoms with Crippen LogP contribution in [0.25, 0.3) is 10.9 Å². The lowest BCUT2D eigenvalue weighted by atomic mass is 10.2. The van der Waals surface area contributed by atoms with Gasteiger partial charge in [-0.1, -0.05) is 29.8 Å². The number of carbonyl (C=O) groups excluding carboxylic acids is 1. The summed E-state index contributed by atoms with van der Waals surface area (Å²) in [6.45, 7) is 0.232. The van der Waals surface area contributed by atoms with Crippen molar-refractivity contribution < 1.29 is 4.79 Å². The molecule has 4 nitrogen and oxygen atoms in total. The normalized spacial score (nSPS) is 10.7. The van der Waals surface area contributed by atoms with E-state index in [4.69, 9.17) is 17.3 Å². The fraction of sp³-hybridized carbons (Fsp3) is 0.0625. The van der Waals surface area contributed by atoms with Gasteiger partial charge in [0.2, 0.25) is 5.91 Å². The molecule has 5 heteroatoms. The zero-order valence-corrected chi connectivity index (χ0v) is 12.0. The van der Waals surface area contributed by atoms with E-state index in [1.165, 1.54) is 0 Å². The molecule has 106 valence electrons. The van der Waals surface area contributed by atoms with Gasteiger partial charge in [0.25, 0.3) is 0 Å². The van der Waals surface area contributed by atoms with E-state index in [1.54, 1.807) is 18.2 Å². The van der Waals surface area contributed by atoms with E-state index in [0.717, 1.165) is 10.9 Å². The summed E-state index contributed by atoms with van der Waals surface area (Å²) in [6, 6.07) is 14.9. The maximum Gasteiger partial charge on any atom is 0.244 e. The van der Waals surface area contributed by atoms with Crippen LogP contribution >= 0.6 is 11.6 Å². The molecule has 0 fully saturated rings. The minimum absolute atomic E-state index is 0.134. The molecule has 0 saturated carbocycles. The van der Waals surface area contributed by atoms with Crippen LogP contribution < -0.4 is 11.1 Å². The Kier molecular flexibility index (Phi) is 3.54. The van der Waals surface area contributed by atoms with E-state index < -0.39 is 0 Å². The van der Waals surface area contributed by atoms with Crippen molar-refractivity contribution in [3.63, 3.8) is 0 Å². The third-order valence-electron chi connectivity index (χ3n) is 3.28. The van der Waals surface area contributed by atoms with Crippen LogP contribution in [-0.4, -0.2) is 10.5 Å². The lowest BCUT2D eigenvalue weighted by molar-refractivity contribution is -0.116. The fourth-order valence-corrected chi connectivity index (χ4v) is 2.45. The highest BCUT2D eigenvalue weighted by atomic mass is 35.5. The van der Waals surface area contributed by atoms with E-state index in [9.17, 15) is 4.79 Å². The van der Waals surface area contributed by atoms with Crippen molar-refractivity contribution in [1.29, 1.82) is 0 Å². The number of anilines is 2. The third-order valence-corrected chi connectivity index (χ3v) is 3.52. The molecule has 3 aromatic rings. The summed E-state index contributed by atoms with van der Waals surface area (Å²) >= 11 is 5.84. The Morgan fingerprint density at radius 2 is 2.00 bits per heavy atom. The van der Waals surface area contributed by atoms with Crippen molar-refractivity contribution in [3.05, 3.63) is 59.8 Å². The average molecular weight is 300 g/mol. The molecule has 2 aromatic carbocycles. The summed E-state index contributed by atoms with van der Waals surface area (Å²) < 4.78 is 1.90. The Morgan fingerprint density at radius 1 is 1.19 bits per heavy atom. The first kappa shape index (κ1) is 13.5. The Labute approximate surface area is 127 Å². The van der Waals surface area contributed by atoms with Crippen molar-refractivity contribution in [2.45, 2.75) is 6.54 Å². The van der Waals surface area contributed by atoms with Gasteiger partial charge in [0, 0.05) is 16.7 Å². The maximum absolute atomic E-state index is 12.1. The lowest BCUT2D eigenvalue weighted by Crippen LogP contribution is -2.18. The topological polar surface area (TPSA) is 60.0 Å². The Balaban J connectivity index is 1.77. The first-order valence-corrected chi connectivity index (χ1v) is 6.90. The lowest BCUT2D eigenvalue weighted by Gasteiger charge is -2.09. The van der Waals surface area contributed by atoms with Crippen LogP contribution in [0.2, 0.25) is 5.02 Å². The number of rotatable bonds is 3. The smallest absolute Gasteiger partial charge is 0.244 e. The average Bonchev–Trinajstić information content (AvgIpc) is 2.85. The van der Waals surface area contributed by atoms with Gasteiger partial charge in [-0.05, 0) is 35.7 Å². The molecule has 0 aliphatic heterocycles. The summed E-state index contributed by atoms with van der Waals surface area (Å²) in [5, 5.41) is 4.45. The van der Waals surface area contributed by atoms with E-state index in [2.05, 4.69) is 5.32 Å².